The molecule has 0 aliphatic carbocycles. The van der Waals surface area contributed by atoms with E-state index < -0.39 is 0 Å². The van der Waals surface area contributed by atoms with E-state index in [1.54, 1.807) is 25.3 Å². The van der Waals surface area contributed by atoms with Crippen molar-refractivity contribution in [2.75, 3.05) is 20.3 Å². The van der Waals surface area contributed by atoms with E-state index >= 15 is 0 Å². The van der Waals surface area contributed by atoms with Crippen molar-refractivity contribution in [1.82, 2.24) is 15.5 Å². The summed E-state index contributed by atoms with van der Waals surface area (Å²) >= 11 is 0. The maximum absolute atomic E-state index is 12.2. The fourth-order valence-corrected chi connectivity index (χ4v) is 2.49. The summed E-state index contributed by atoms with van der Waals surface area (Å²) in [7, 11) is 1.55. The second-order valence-corrected chi connectivity index (χ2v) is 5.40. The van der Waals surface area contributed by atoms with Gasteiger partial charge >= 0.3 is 0 Å². The topological polar surface area (TPSA) is 73.3 Å². The van der Waals surface area contributed by atoms with Crippen LogP contribution in [-0.4, -0.2) is 42.5 Å². The molecule has 23 heavy (non-hydrogen) atoms. The fourth-order valence-electron chi connectivity index (χ4n) is 2.49. The second-order valence-electron chi connectivity index (χ2n) is 5.40. The molecule has 120 valence electrons. The molecule has 0 atom stereocenters. The van der Waals surface area contributed by atoms with E-state index in [9.17, 15) is 4.79 Å². The molecule has 1 aromatic heterocycles. The standard InChI is InChI=1S/C17H19N3O3/c1-22-16-7-6-15(19-20-16)12-2-4-13(5-3-12)17(21)18-14-8-10-23-11-9-14/h2-7,14H,8-11H2,1H3,(H,18,21). The summed E-state index contributed by atoms with van der Waals surface area (Å²) < 4.78 is 10.3. The van der Waals surface area contributed by atoms with Crippen LogP contribution in [0.2, 0.25) is 0 Å². The Kier molecular flexibility index (Phi) is 4.83. The van der Waals surface area contributed by atoms with Crippen molar-refractivity contribution >= 4 is 5.91 Å². The monoisotopic (exact) mass is 313 g/mol. The molecular weight excluding hydrogens is 294 g/mol. The first-order valence-corrected chi connectivity index (χ1v) is 7.63. The molecule has 1 fully saturated rings. The normalized spacial score (nSPS) is 15.2. The minimum absolute atomic E-state index is 0.0516. The third kappa shape index (κ3) is 3.84. The van der Waals surface area contributed by atoms with Gasteiger partial charge in [-0.1, -0.05) is 12.1 Å². The SMILES string of the molecule is COc1ccc(-c2ccc(C(=O)NC3CCOCC3)cc2)nn1. The number of aromatic nitrogens is 2. The molecule has 1 aromatic carbocycles. The lowest BCUT2D eigenvalue weighted by atomic mass is 10.1. The van der Waals surface area contributed by atoms with Crippen LogP contribution in [-0.2, 0) is 4.74 Å². The molecule has 1 aliphatic heterocycles. The lowest BCUT2D eigenvalue weighted by Crippen LogP contribution is -2.38. The zero-order valence-corrected chi connectivity index (χ0v) is 13.0. The Balaban J connectivity index is 1.66. The molecule has 0 unspecified atom stereocenters. The van der Waals surface area contributed by atoms with Crippen molar-refractivity contribution < 1.29 is 14.3 Å². The minimum atomic E-state index is -0.0516. The third-order valence-corrected chi connectivity index (χ3v) is 3.85. The van der Waals surface area contributed by atoms with E-state index in [-0.39, 0.29) is 11.9 Å². The van der Waals surface area contributed by atoms with Gasteiger partial charge in [-0.25, -0.2) is 0 Å². The highest BCUT2D eigenvalue weighted by molar-refractivity contribution is 5.94. The summed E-state index contributed by atoms with van der Waals surface area (Å²) in [5.41, 5.74) is 2.28. The average Bonchev–Trinajstić information content (AvgIpc) is 2.63. The van der Waals surface area contributed by atoms with E-state index in [0.717, 1.165) is 24.1 Å². The zero-order chi connectivity index (χ0) is 16.1. The highest BCUT2D eigenvalue weighted by Gasteiger charge is 2.17. The molecule has 6 nitrogen and oxygen atoms in total. The van der Waals surface area contributed by atoms with Gasteiger partial charge in [-0.15, -0.1) is 10.2 Å². The number of carbonyl (C=O) groups is 1. The summed E-state index contributed by atoms with van der Waals surface area (Å²) in [5, 5.41) is 11.1. The molecule has 1 saturated heterocycles. The van der Waals surface area contributed by atoms with Gasteiger partial charge in [-0.3, -0.25) is 4.79 Å². The van der Waals surface area contributed by atoms with Crippen LogP contribution in [0.1, 0.15) is 23.2 Å². The molecule has 1 N–H and O–H groups in total. The predicted molar refractivity (Wildman–Crippen MR) is 85.3 cm³/mol. The Morgan fingerprint density at radius 3 is 2.48 bits per heavy atom. The summed E-state index contributed by atoms with van der Waals surface area (Å²) in [5.74, 6) is 0.422. The number of nitrogens with one attached hydrogen (secondary N) is 1. The number of benzene rings is 1. The van der Waals surface area contributed by atoms with Gasteiger partial charge in [0.1, 0.15) is 0 Å². The molecule has 0 radical (unpaired) electrons. The molecule has 2 aromatic rings. The van der Waals surface area contributed by atoms with Crippen LogP contribution >= 0.6 is 0 Å². The quantitative estimate of drug-likeness (QED) is 0.935. The smallest absolute Gasteiger partial charge is 0.251 e. The Hall–Kier alpha value is -2.47. The van der Waals surface area contributed by atoms with Gasteiger partial charge in [-0.05, 0) is 31.0 Å². The molecule has 0 saturated carbocycles. The zero-order valence-electron chi connectivity index (χ0n) is 13.0. The minimum Gasteiger partial charge on any atom is -0.480 e. The van der Waals surface area contributed by atoms with Gasteiger partial charge in [0.15, 0.2) is 0 Å². The number of carbonyl (C=O) groups excluding carboxylic acids is 1. The van der Waals surface area contributed by atoms with E-state index in [0.29, 0.717) is 24.7 Å². The van der Waals surface area contributed by atoms with Crippen molar-refractivity contribution in [2.45, 2.75) is 18.9 Å². The second kappa shape index (κ2) is 7.19. The number of rotatable bonds is 4. The summed E-state index contributed by atoms with van der Waals surface area (Å²) in [6.45, 7) is 1.42. The van der Waals surface area contributed by atoms with E-state index in [4.69, 9.17) is 9.47 Å². The van der Waals surface area contributed by atoms with Crippen LogP contribution < -0.4 is 10.1 Å². The maximum Gasteiger partial charge on any atom is 0.251 e. The first-order chi connectivity index (χ1) is 11.3. The number of hydrogen-bond donors (Lipinski definition) is 1. The number of methoxy groups -OCH3 is 1. The molecule has 3 rings (SSSR count). The summed E-state index contributed by atoms with van der Waals surface area (Å²) in [6, 6.07) is 11.1. The Morgan fingerprint density at radius 2 is 1.87 bits per heavy atom. The van der Waals surface area contributed by atoms with Crippen molar-refractivity contribution in [3.05, 3.63) is 42.0 Å². The number of amides is 1. The lowest BCUT2D eigenvalue weighted by Gasteiger charge is -2.23. The van der Waals surface area contributed by atoms with Gasteiger partial charge in [0.2, 0.25) is 5.88 Å². The summed E-state index contributed by atoms with van der Waals surface area (Å²) in [6.07, 6.45) is 1.73. The molecule has 1 amide bonds. The van der Waals surface area contributed by atoms with Crippen molar-refractivity contribution in [2.24, 2.45) is 0 Å². The van der Waals surface area contributed by atoms with Gasteiger partial charge in [-0.2, -0.15) is 0 Å². The first-order valence-electron chi connectivity index (χ1n) is 7.63. The molecule has 1 aliphatic rings. The van der Waals surface area contributed by atoms with Gasteiger partial charge in [0.05, 0.1) is 12.8 Å². The molecule has 6 heteroatoms. The molecular formula is C17H19N3O3. The van der Waals surface area contributed by atoms with Gasteiger partial charge in [0, 0.05) is 36.4 Å². The van der Waals surface area contributed by atoms with Gasteiger partial charge < -0.3 is 14.8 Å². The van der Waals surface area contributed by atoms with Crippen LogP contribution in [0, 0.1) is 0 Å². The number of nitrogens with zero attached hydrogens (tertiary/aromatic N) is 2. The number of hydrogen-bond acceptors (Lipinski definition) is 5. The van der Waals surface area contributed by atoms with E-state index in [1.807, 2.05) is 18.2 Å². The van der Waals surface area contributed by atoms with Crippen LogP contribution in [0.25, 0.3) is 11.3 Å². The highest BCUT2D eigenvalue weighted by atomic mass is 16.5. The molecule has 0 bridgehead atoms. The predicted octanol–water partition coefficient (Wildman–Crippen LogP) is 2.06. The van der Waals surface area contributed by atoms with Gasteiger partial charge in [0.25, 0.3) is 5.91 Å². The Morgan fingerprint density at radius 1 is 1.13 bits per heavy atom. The lowest BCUT2D eigenvalue weighted by molar-refractivity contribution is 0.0696. The van der Waals surface area contributed by atoms with Crippen LogP contribution in [0.3, 0.4) is 0 Å². The fraction of sp³-hybridized carbons (Fsp3) is 0.353. The van der Waals surface area contributed by atoms with E-state index in [2.05, 4.69) is 15.5 Å². The third-order valence-electron chi connectivity index (χ3n) is 3.85. The van der Waals surface area contributed by atoms with Crippen LogP contribution in [0.4, 0.5) is 0 Å². The molecule has 0 spiro atoms. The largest absolute Gasteiger partial charge is 0.480 e. The molecule has 2 heterocycles. The van der Waals surface area contributed by atoms with E-state index in [1.165, 1.54) is 0 Å². The first kappa shape index (κ1) is 15.4. The van der Waals surface area contributed by atoms with Crippen LogP contribution in [0.5, 0.6) is 5.88 Å². The van der Waals surface area contributed by atoms with Crippen molar-refractivity contribution in [3.63, 3.8) is 0 Å². The van der Waals surface area contributed by atoms with Crippen LogP contribution in [0.15, 0.2) is 36.4 Å². The van der Waals surface area contributed by atoms with Crippen molar-refractivity contribution in [3.8, 4) is 17.1 Å². The highest BCUT2D eigenvalue weighted by Crippen LogP contribution is 2.18. The maximum atomic E-state index is 12.2. The van der Waals surface area contributed by atoms with Crippen molar-refractivity contribution in [1.29, 1.82) is 0 Å². The Labute approximate surface area is 134 Å². The average molecular weight is 313 g/mol. The summed E-state index contributed by atoms with van der Waals surface area (Å²) in [4.78, 5) is 12.2. The Bertz CT molecular complexity index is 650. The number of ether oxygens (including phenoxy) is 2.